The maximum Gasteiger partial charge on any atom is 0.225 e. The summed E-state index contributed by atoms with van der Waals surface area (Å²) in [4.78, 5) is 24.3. The van der Waals surface area contributed by atoms with Crippen molar-refractivity contribution in [3.8, 4) is 0 Å². The third kappa shape index (κ3) is 4.84. The van der Waals surface area contributed by atoms with Gasteiger partial charge in [0.2, 0.25) is 5.95 Å². The number of anilines is 3. The monoisotopic (exact) mass is 448 g/mol. The molecule has 0 saturated carbocycles. The van der Waals surface area contributed by atoms with Gasteiger partial charge >= 0.3 is 0 Å². The Labute approximate surface area is 193 Å². The highest BCUT2D eigenvalue weighted by Crippen LogP contribution is 2.35. The largest absolute Gasteiger partial charge is 0.351 e. The summed E-state index contributed by atoms with van der Waals surface area (Å²) in [5.74, 6) is 2.37. The molecular formula is C24H32N8O. The molecule has 4 heterocycles. The first-order valence-corrected chi connectivity index (χ1v) is 11.8. The van der Waals surface area contributed by atoms with E-state index in [0.717, 1.165) is 53.9 Å². The molecule has 174 valence electrons. The van der Waals surface area contributed by atoms with Gasteiger partial charge in [-0.2, -0.15) is 10.1 Å². The van der Waals surface area contributed by atoms with Gasteiger partial charge in [-0.1, -0.05) is 18.6 Å². The molecule has 3 aromatic rings. The van der Waals surface area contributed by atoms with Gasteiger partial charge in [0.1, 0.15) is 5.82 Å². The van der Waals surface area contributed by atoms with E-state index >= 15 is 0 Å². The van der Waals surface area contributed by atoms with Crippen molar-refractivity contribution in [3.05, 3.63) is 36.0 Å². The molecule has 2 aliphatic rings. The summed E-state index contributed by atoms with van der Waals surface area (Å²) in [5, 5.41) is 18.2. The lowest BCUT2D eigenvalue weighted by Crippen LogP contribution is -2.56. The predicted octanol–water partition coefficient (Wildman–Crippen LogP) is 2.99. The molecule has 3 atom stereocenters. The zero-order chi connectivity index (χ0) is 22.8. The number of para-hydroxylation sites is 1. The van der Waals surface area contributed by atoms with Crippen molar-refractivity contribution < 1.29 is 4.79 Å². The molecule has 0 amide bonds. The number of hydrogen-bond donors (Lipinski definition) is 4. The molecule has 1 unspecified atom stereocenters. The second kappa shape index (κ2) is 9.44. The molecule has 5 rings (SSSR count). The lowest BCUT2D eigenvalue weighted by Gasteiger charge is -2.48. The Kier molecular flexibility index (Phi) is 6.24. The number of H-pyrrole nitrogens is 1. The van der Waals surface area contributed by atoms with E-state index in [9.17, 15) is 4.79 Å². The molecule has 2 bridgehead atoms. The molecule has 2 aliphatic heterocycles. The van der Waals surface area contributed by atoms with E-state index in [1.54, 1.807) is 0 Å². The van der Waals surface area contributed by atoms with Gasteiger partial charge in [0.25, 0.3) is 0 Å². The Morgan fingerprint density at radius 1 is 1.18 bits per heavy atom. The van der Waals surface area contributed by atoms with Crippen LogP contribution < -0.4 is 16.0 Å². The van der Waals surface area contributed by atoms with Gasteiger partial charge in [0.05, 0.1) is 18.6 Å². The number of benzene rings is 1. The average Bonchev–Trinajstić information content (AvgIpc) is 3.19. The van der Waals surface area contributed by atoms with Crippen molar-refractivity contribution in [2.45, 2.75) is 57.2 Å². The van der Waals surface area contributed by atoms with E-state index < -0.39 is 0 Å². The highest BCUT2D eigenvalue weighted by Gasteiger charge is 2.39. The summed E-state index contributed by atoms with van der Waals surface area (Å²) in [5.41, 5.74) is 1.88. The topological polar surface area (TPSA) is 111 Å². The summed E-state index contributed by atoms with van der Waals surface area (Å²) in [6.07, 6.45) is 5.53. The maximum atomic E-state index is 12.3. The van der Waals surface area contributed by atoms with Gasteiger partial charge in [0.15, 0.2) is 11.6 Å². The molecule has 0 aliphatic carbocycles. The Hall–Kier alpha value is -3.04. The van der Waals surface area contributed by atoms with Crippen LogP contribution in [0.4, 0.5) is 17.6 Å². The minimum atomic E-state index is 0.267. The number of carbonyl (C=O) groups excluding carboxylic acids is 1. The number of rotatable bonds is 8. The smallest absolute Gasteiger partial charge is 0.225 e. The molecule has 33 heavy (non-hydrogen) atoms. The first-order valence-electron chi connectivity index (χ1n) is 11.8. The molecule has 9 nitrogen and oxygen atoms in total. The standard InChI is InChI=1S/C24H32N8O/c1-15-10-22(31-30-15)28-23-20-8-3-4-9-21(20)27-24(29-23)26-16-11-17-6-5-7-18(12-16)32(17)14-19(33)13-25-2/h3-4,8-10,16-18,25H,5-7,11-14H2,1-2H3,(H3,26,27,28,29,30,31)/t16?,17-,18+. The molecular weight excluding hydrogens is 416 g/mol. The van der Waals surface area contributed by atoms with Crippen LogP contribution in [0, 0.1) is 6.92 Å². The van der Waals surface area contributed by atoms with Crippen LogP contribution in [-0.2, 0) is 4.79 Å². The number of fused-ring (bicyclic) bond motifs is 3. The van der Waals surface area contributed by atoms with Crippen molar-refractivity contribution >= 4 is 34.3 Å². The summed E-state index contributed by atoms with van der Waals surface area (Å²) in [6.45, 7) is 2.96. The number of aryl methyl sites for hydroxylation is 1. The molecule has 0 radical (unpaired) electrons. The van der Waals surface area contributed by atoms with Crippen LogP contribution in [0.3, 0.4) is 0 Å². The van der Waals surface area contributed by atoms with Crippen molar-refractivity contribution in [1.82, 2.24) is 30.4 Å². The van der Waals surface area contributed by atoms with Crippen LogP contribution in [0.2, 0.25) is 0 Å². The van der Waals surface area contributed by atoms with Gasteiger partial charge in [0, 0.05) is 35.3 Å². The number of carbonyl (C=O) groups is 1. The number of nitrogens with zero attached hydrogens (tertiary/aromatic N) is 4. The van der Waals surface area contributed by atoms with Gasteiger partial charge in [-0.25, -0.2) is 4.98 Å². The van der Waals surface area contributed by atoms with Crippen molar-refractivity contribution in [2.24, 2.45) is 0 Å². The number of aromatic nitrogens is 4. The zero-order valence-corrected chi connectivity index (χ0v) is 19.3. The first kappa shape index (κ1) is 21.8. The minimum absolute atomic E-state index is 0.267. The normalized spacial score (nSPS) is 22.9. The number of nitrogens with one attached hydrogen (secondary N) is 4. The highest BCUT2D eigenvalue weighted by molar-refractivity contribution is 5.91. The number of aromatic amines is 1. The molecule has 4 N–H and O–H groups in total. The first-order chi connectivity index (χ1) is 16.1. The second-order valence-electron chi connectivity index (χ2n) is 9.27. The number of ketones is 1. The number of Topliss-reactive ketones (excluding diaryl/α,β-unsaturated/α-hetero) is 1. The molecule has 2 saturated heterocycles. The van der Waals surface area contributed by atoms with Gasteiger partial charge < -0.3 is 16.0 Å². The van der Waals surface area contributed by atoms with Crippen molar-refractivity contribution in [2.75, 3.05) is 30.8 Å². The number of piperidine rings is 2. The third-order valence-electron chi connectivity index (χ3n) is 6.75. The molecule has 1 aromatic carbocycles. The summed E-state index contributed by atoms with van der Waals surface area (Å²) in [7, 11) is 1.83. The fourth-order valence-electron chi connectivity index (χ4n) is 5.33. The minimum Gasteiger partial charge on any atom is -0.351 e. The van der Waals surface area contributed by atoms with Gasteiger partial charge in [-0.15, -0.1) is 0 Å². The van der Waals surface area contributed by atoms with Gasteiger partial charge in [-0.05, 0) is 51.8 Å². The zero-order valence-electron chi connectivity index (χ0n) is 19.3. The van der Waals surface area contributed by atoms with Crippen LogP contribution in [0.25, 0.3) is 10.9 Å². The predicted molar refractivity (Wildman–Crippen MR) is 130 cm³/mol. The number of hydrogen-bond acceptors (Lipinski definition) is 8. The maximum absolute atomic E-state index is 12.3. The molecule has 2 aromatic heterocycles. The average molecular weight is 449 g/mol. The summed E-state index contributed by atoms with van der Waals surface area (Å²) < 4.78 is 0. The van der Waals surface area contributed by atoms with Crippen LogP contribution in [0.1, 0.15) is 37.8 Å². The third-order valence-corrected chi connectivity index (χ3v) is 6.75. The summed E-state index contributed by atoms with van der Waals surface area (Å²) >= 11 is 0. The lowest BCUT2D eigenvalue weighted by molar-refractivity contribution is -0.122. The van der Waals surface area contributed by atoms with Crippen molar-refractivity contribution in [3.63, 3.8) is 0 Å². The van der Waals surface area contributed by atoms with Crippen LogP contribution >= 0.6 is 0 Å². The van der Waals surface area contributed by atoms with E-state index in [1.165, 1.54) is 6.42 Å². The van der Waals surface area contributed by atoms with E-state index in [2.05, 4.69) is 31.0 Å². The van der Waals surface area contributed by atoms with Crippen LogP contribution in [0.15, 0.2) is 30.3 Å². The second-order valence-corrected chi connectivity index (χ2v) is 9.27. The SMILES string of the molecule is CNCC(=O)CN1[C@@H]2CCC[C@H]1CC(Nc1nc(Nc3cc(C)[nH]n3)c3ccccc3n1)C2. The Balaban J connectivity index is 1.34. The quantitative estimate of drug-likeness (QED) is 0.416. The van der Waals surface area contributed by atoms with Crippen LogP contribution in [0.5, 0.6) is 0 Å². The van der Waals surface area contributed by atoms with Crippen LogP contribution in [-0.4, -0.2) is 69.1 Å². The fraction of sp³-hybridized carbons (Fsp3) is 0.500. The van der Waals surface area contributed by atoms with E-state index in [1.807, 2.05) is 44.3 Å². The summed E-state index contributed by atoms with van der Waals surface area (Å²) in [6, 6.07) is 11.1. The highest BCUT2D eigenvalue weighted by atomic mass is 16.1. The fourth-order valence-corrected chi connectivity index (χ4v) is 5.33. The van der Waals surface area contributed by atoms with E-state index in [-0.39, 0.29) is 11.8 Å². The molecule has 2 fully saturated rings. The van der Waals surface area contributed by atoms with Crippen molar-refractivity contribution in [1.29, 1.82) is 0 Å². The van der Waals surface area contributed by atoms with E-state index in [0.29, 0.717) is 31.1 Å². The van der Waals surface area contributed by atoms with E-state index in [4.69, 9.17) is 9.97 Å². The molecule has 9 heteroatoms. The Bertz CT molecular complexity index is 1110. The Morgan fingerprint density at radius 3 is 2.70 bits per heavy atom. The Morgan fingerprint density at radius 2 is 1.97 bits per heavy atom. The number of likely N-dealkylation sites (N-methyl/N-ethyl adjacent to an activating group) is 1. The molecule has 0 spiro atoms. The van der Waals surface area contributed by atoms with Gasteiger partial charge in [-0.3, -0.25) is 14.8 Å². The lowest BCUT2D eigenvalue weighted by atomic mass is 9.81.